The van der Waals surface area contributed by atoms with E-state index in [1.165, 1.54) is 141 Å². The van der Waals surface area contributed by atoms with Crippen LogP contribution < -0.4 is 0 Å². The molecule has 0 spiro atoms. The van der Waals surface area contributed by atoms with Crippen molar-refractivity contribution in [3.8, 4) is 0 Å². The van der Waals surface area contributed by atoms with E-state index in [1.54, 1.807) is 0 Å². The molecular formula is C68H132O17P2. The molecule has 0 aromatic carbocycles. The van der Waals surface area contributed by atoms with Crippen molar-refractivity contribution in [1.29, 1.82) is 0 Å². The molecule has 5 atom stereocenters. The maximum absolute atomic E-state index is 13.0. The van der Waals surface area contributed by atoms with Gasteiger partial charge in [-0.15, -0.1) is 0 Å². The van der Waals surface area contributed by atoms with E-state index in [9.17, 15) is 43.2 Å². The molecule has 0 rings (SSSR count). The van der Waals surface area contributed by atoms with Gasteiger partial charge >= 0.3 is 39.5 Å². The van der Waals surface area contributed by atoms with Crippen LogP contribution in [-0.2, 0) is 65.4 Å². The Balaban J connectivity index is 5.21. The van der Waals surface area contributed by atoms with E-state index in [-0.39, 0.29) is 25.7 Å². The number of phosphoric ester groups is 2. The third kappa shape index (κ3) is 62.6. The van der Waals surface area contributed by atoms with Crippen molar-refractivity contribution in [1.82, 2.24) is 0 Å². The smallest absolute Gasteiger partial charge is 0.462 e. The van der Waals surface area contributed by atoms with Crippen molar-refractivity contribution in [2.45, 2.75) is 356 Å². The molecule has 3 N–H and O–H groups in total. The fourth-order valence-corrected chi connectivity index (χ4v) is 11.8. The van der Waals surface area contributed by atoms with Crippen LogP contribution in [0.3, 0.4) is 0 Å². The molecule has 0 amide bonds. The zero-order chi connectivity index (χ0) is 64.5. The third-order valence-electron chi connectivity index (χ3n) is 15.6. The molecule has 0 aliphatic carbocycles. The summed E-state index contributed by atoms with van der Waals surface area (Å²) < 4.78 is 68.1. The van der Waals surface area contributed by atoms with Gasteiger partial charge in [-0.2, -0.15) is 0 Å². The minimum Gasteiger partial charge on any atom is -0.462 e. The maximum atomic E-state index is 13.0. The van der Waals surface area contributed by atoms with Gasteiger partial charge in [0.1, 0.15) is 19.3 Å². The van der Waals surface area contributed by atoms with Crippen LogP contribution in [0.1, 0.15) is 337 Å². The van der Waals surface area contributed by atoms with Crippen molar-refractivity contribution in [2.75, 3.05) is 39.6 Å². The van der Waals surface area contributed by atoms with E-state index in [0.717, 1.165) is 108 Å². The SMILES string of the molecule is CCCCCCCCCCC(=O)OC[C@H](COP(=O)(O)OC[C@H](O)COP(=O)(O)OC[C@@H](COC(=O)CCCCCCCCCCCCCC(C)C)OC(=O)CCCCCCCCCCCCCCCC(C)C)OC(=O)CCCCCCCCC(C)C. The Kier molecular flexibility index (Phi) is 57.8. The van der Waals surface area contributed by atoms with Crippen LogP contribution in [0.5, 0.6) is 0 Å². The Morgan fingerprint density at radius 3 is 0.782 bits per heavy atom. The van der Waals surface area contributed by atoms with Gasteiger partial charge in [-0.25, -0.2) is 9.13 Å². The van der Waals surface area contributed by atoms with Gasteiger partial charge in [-0.1, -0.05) is 286 Å². The number of hydrogen-bond acceptors (Lipinski definition) is 15. The van der Waals surface area contributed by atoms with Crippen LogP contribution in [0.15, 0.2) is 0 Å². The first-order chi connectivity index (χ1) is 41.7. The molecule has 0 aliphatic heterocycles. The number of esters is 4. The van der Waals surface area contributed by atoms with Crippen molar-refractivity contribution < 1.29 is 80.2 Å². The van der Waals surface area contributed by atoms with E-state index >= 15 is 0 Å². The molecule has 0 saturated heterocycles. The molecule has 516 valence electrons. The van der Waals surface area contributed by atoms with E-state index in [2.05, 4.69) is 48.5 Å². The summed E-state index contributed by atoms with van der Waals surface area (Å²) in [5, 5.41) is 10.6. The number of phosphoric acid groups is 2. The second-order valence-electron chi connectivity index (χ2n) is 26.0. The Hall–Kier alpha value is -1.94. The standard InChI is InChI=1S/C68H132O17P2/c1-8-9-10-11-12-27-35-42-49-65(70)78-56-64(85-68(73)52-45-38-31-30-34-41-48-61(6)7)58-83-87(76,77)81-54-62(69)53-80-86(74,75)82-57-63(55-79-66(71)50-43-36-28-23-20-16-18-22-26-33-40-47-60(4)5)84-67(72)51-44-37-29-24-19-15-13-14-17-21-25-32-39-46-59(2)3/h59-64,69H,8-58H2,1-7H3,(H,74,75)(H,76,77)/t62-,63-,64-/m1/s1. The summed E-state index contributed by atoms with van der Waals surface area (Å²) in [7, 11) is -9.89. The van der Waals surface area contributed by atoms with Crippen molar-refractivity contribution >= 4 is 39.5 Å². The lowest BCUT2D eigenvalue weighted by molar-refractivity contribution is -0.161. The van der Waals surface area contributed by atoms with Crippen LogP contribution >= 0.6 is 15.6 Å². The molecule has 19 heteroatoms. The van der Waals surface area contributed by atoms with Crippen LogP contribution in [0.4, 0.5) is 0 Å². The lowest BCUT2D eigenvalue weighted by Crippen LogP contribution is -2.30. The largest absolute Gasteiger partial charge is 0.472 e. The van der Waals surface area contributed by atoms with Gasteiger partial charge in [0.05, 0.1) is 26.4 Å². The Bertz CT molecular complexity index is 1720. The Labute approximate surface area is 530 Å². The number of unbranched alkanes of at least 4 members (excludes halogenated alkanes) is 34. The number of hydrogen-bond donors (Lipinski definition) is 3. The van der Waals surface area contributed by atoms with Crippen LogP contribution in [0, 0.1) is 17.8 Å². The van der Waals surface area contributed by atoms with Crippen molar-refractivity contribution in [3.05, 3.63) is 0 Å². The van der Waals surface area contributed by atoms with Gasteiger partial charge in [-0.3, -0.25) is 37.3 Å². The van der Waals surface area contributed by atoms with Gasteiger partial charge in [0.15, 0.2) is 12.2 Å². The summed E-state index contributed by atoms with van der Waals surface area (Å²) in [5.41, 5.74) is 0. The third-order valence-corrected chi connectivity index (χ3v) is 17.5. The summed E-state index contributed by atoms with van der Waals surface area (Å²) in [6, 6.07) is 0. The minimum absolute atomic E-state index is 0.102. The van der Waals surface area contributed by atoms with Crippen LogP contribution in [0.2, 0.25) is 0 Å². The predicted molar refractivity (Wildman–Crippen MR) is 349 cm³/mol. The quantitative estimate of drug-likeness (QED) is 0.0222. The van der Waals surface area contributed by atoms with Crippen molar-refractivity contribution in [2.24, 2.45) is 17.8 Å². The second-order valence-corrected chi connectivity index (χ2v) is 28.9. The number of aliphatic hydroxyl groups excluding tert-OH is 1. The van der Waals surface area contributed by atoms with E-state index < -0.39 is 97.5 Å². The van der Waals surface area contributed by atoms with E-state index in [4.69, 9.17) is 37.0 Å². The molecule has 0 heterocycles. The minimum atomic E-state index is -4.95. The predicted octanol–water partition coefficient (Wildman–Crippen LogP) is 19.1. The highest BCUT2D eigenvalue weighted by Gasteiger charge is 2.30. The van der Waals surface area contributed by atoms with Crippen molar-refractivity contribution in [3.63, 3.8) is 0 Å². The summed E-state index contributed by atoms with van der Waals surface area (Å²) >= 11 is 0. The number of aliphatic hydroxyl groups is 1. The van der Waals surface area contributed by atoms with Gasteiger partial charge in [0, 0.05) is 25.7 Å². The fraction of sp³-hybridized carbons (Fsp3) is 0.941. The molecule has 0 fully saturated rings. The zero-order valence-corrected chi connectivity index (χ0v) is 58.3. The molecule has 2 unspecified atom stereocenters. The van der Waals surface area contributed by atoms with Gasteiger partial charge < -0.3 is 33.8 Å². The number of rotatable bonds is 66. The van der Waals surface area contributed by atoms with E-state index in [1.807, 2.05) is 0 Å². The Morgan fingerprint density at radius 1 is 0.310 bits per heavy atom. The Morgan fingerprint density at radius 2 is 0.529 bits per heavy atom. The first kappa shape index (κ1) is 85.1. The normalized spacial score (nSPS) is 14.3. The molecule has 0 aromatic rings. The molecule has 0 bridgehead atoms. The molecule has 17 nitrogen and oxygen atoms in total. The number of ether oxygens (including phenoxy) is 4. The van der Waals surface area contributed by atoms with Crippen LogP contribution in [0.25, 0.3) is 0 Å². The molecule has 0 radical (unpaired) electrons. The molecule has 0 aromatic heterocycles. The lowest BCUT2D eigenvalue weighted by atomic mass is 10.0. The summed E-state index contributed by atoms with van der Waals surface area (Å²) in [6.07, 6.45) is 41.9. The first-order valence-corrected chi connectivity index (χ1v) is 38.3. The number of carbonyl (C=O) groups excluding carboxylic acids is 4. The molecule has 0 saturated carbocycles. The monoisotopic (exact) mass is 1280 g/mol. The maximum Gasteiger partial charge on any atom is 0.472 e. The average molecular weight is 1280 g/mol. The first-order valence-electron chi connectivity index (χ1n) is 35.3. The zero-order valence-electron chi connectivity index (χ0n) is 56.5. The molecule has 87 heavy (non-hydrogen) atoms. The molecular weight excluding hydrogens is 1150 g/mol. The summed E-state index contributed by atoms with van der Waals surface area (Å²) in [6.45, 7) is 11.7. The summed E-state index contributed by atoms with van der Waals surface area (Å²) in [5.74, 6) is 0.0919. The highest BCUT2D eigenvalue weighted by atomic mass is 31.2. The topological polar surface area (TPSA) is 237 Å². The number of carbonyl (C=O) groups is 4. The van der Waals surface area contributed by atoms with Gasteiger partial charge in [0.25, 0.3) is 0 Å². The highest BCUT2D eigenvalue weighted by Crippen LogP contribution is 2.45. The average Bonchev–Trinajstić information content (AvgIpc) is 3.67. The van der Waals surface area contributed by atoms with Gasteiger partial charge in [-0.05, 0) is 43.4 Å². The molecule has 0 aliphatic rings. The highest BCUT2D eigenvalue weighted by molar-refractivity contribution is 7.47. The lowest BCUT2D eigenvalue weighted by Gasteiger charge is -2.21. The van der Waals surface area contributed by atoms with Gasteiger partial charge in [0.2, 0.25) is 0 Å². The fourth-order valence-electron chi connectivity index (χ4n) is 10.2. The van der Waals surface area contributed by atoms with Crippen LogP contribution in [-0.4, -0.2) is 96.7 Å². The summed E-state index contributed by atoms with van der Waals surface area (Å²) in [4.78, 5) is 72.3. The second kappa shape index (κ2) is 59.1. The van der Waals surface area contributed by atoms with E-state index in [0.29, 0.717) is 31.6 Å².